The predicted molar refractivity (Wildman–Crippen MR) is 47.5 cm³/mol. The monoisotopic (exact) mass is 153 g/mol. The Balaban J connectivity index is 2.07. The molecular weight excluding hydrogens is 134 g/mol. The summed E-state index contributed by atoms with van der Waals surface area (Å²) >= 11 is 0. The zero-order valence-electron chi connectivity index (χ0n) is 8.07. The topological polar surface area (TPSA) is 12.0 Å². The summed E-state index contributed by atoms with van der Waals surface area (Å²) < 4.78 is 0. The van der Waals surface area contributed by atoms with Crippen LogP contribution in [0, 0.1) is 16.7 Å². The lowest BCUT2D eigenvalue weighted by Gasteiger charge is -2.29. The number of hydrogen-bond acceptors (Lipinski definition) is 1. The Morgan fingerprint density at radius 2 is 2.27 bits per heavy atom. The summed E-state index contributed by atoms with van der Waals surface area (Å²) in [4.78, 5) is 0. The first-order chi connectivity index (χ1) is 5.13. The molecule has 0 radical (unpaired) electrons. The van der Waals surface area contributed by atoms with Crippen LogP contribution in [0.2, 0.25) is 0 Å². The Hall–Kier alpha value is -0.0400. The smallest absolute Gasteiger partial charge is 0.00978 e. The molecule has 2 fully saturated rings. The quantitative estimate of drug-likeness (QED) is 0.654. The molecular formula is C10H19N. The van der Waals surface area contributed by atoms with E-state index in [1.165, 1.54) is 12.8 Å². The fourth-order valence-electron chi connectivity index (χ4n) is 3.31. The molecule has 0 heterocycles. The van der Waals surface area contributed by atoms with Gasteiger partial charge in [0.25, 0.3) is 0 Å². The third-order valence-electron chi connectivity index (χ3n) is 4.75. The van der Waals surface area contributed by atoms with Gasteiger partial charge in [0.2, 0.25) is 0 Å². The van der Waals surface area contributed by atoms with Gasteiger partial charge in [0.1, 0.15) is 0 Å². The van der Waals surface area contributed by atoms with Gasteiger partial charge in [-0.1, -0.05) is 13.8 Å². The molecule has 1 N–H and O–H groups in total. The van der Waals surface area contributed by atoms with Crippen LogP contribution in [0.5, 0.6) is 0 Å². The molecule has 64 valence electrons. The van der Waals surface area contributed by atoms with E-state index in [9.17, 15) is 0 Å². The molecule has 4 unspecified atom stereocenters. The third kappa shape index (κ3) is 0.581. The Morgan fingerprint density at radius 3 is 2.55 bits per heavy atom. The molecule has 2 saturated carbocycles. The summed E-state index contributed by atoms with van der Waals surface area (Å²) in [6, 6.07) is 0.709. The predicted octanol–water partition coefficient (Wildman–Crippen LogP) is 2.03. The third-order valence-corrected chi connectivity index (χ3v) is 4.75. The number of hydrogen-bond donors (Lipinski definition) is 1. The molecule has 1 heteroatoms. The number of rotatable bonds is 3. The molecule has 11 heavy (non-hydrogen) atoms. The average molecular weight is 153 g/mol. The van der Waals surface area contributed by atoms with Crippen molar-refractivity contribution in [3.63, 3.8) is 0 Å². The molecule has 4 atom stereocenters. The van der Waals surface area contributed by atoms with E-state index in [2.05, 4.69) is 33.1 Å². The summed E-state index contributed by atoms with van der Waals surface area (Å²) in [6.07, 6.45) is 2.90. The summed E-state index contributed by atoms with van der Waals surface area (Å²) in [7, 11) is 2.08. The second-order valence-corrected chi connectivity index (χ2v) is 4.56. The molecule has 0 aromatic heterocycles. The SMILES string of the molecule is CCC12CC1C2(C)C(C)NC. The van der Waals surface area contributed by atoms with E-state index in [1.807, 2.05) is 0 Å². The largest absolute Gasteiger partial charge is 0.317 e. The van der Waals surface area contributed by atoms with Crippen LogP contribution in [0.25, 0.3) is 0 Å². The number of fused-ring (bicyclic) bond motifs is 1. The van der Waals surface area contributed by atoms with Crippen molar-refractivity contribution < 1.29 is 0 Å². The fraction of sp³-hybridized carbons (Fsp3) is 1.00. The average Bonchev–Trinajstić information content (AvgIpc) is 2.87. The van der Waals surface area contributed by atoms with Gasteiger partial charge in [-0.2, -0.15) is 0 Å². The van der Waals surface area contributed by atoms with Gasteiger partial charge in [0.15, 0.2) is 0 Å². The van der Waals surface area contributed by atoms with Gasteiger partial charge in [0.05, 0.1) is 0 Å². The maximum Gasteiger partial charge on any atom is 0.00978 e. The van der Waals surface area contributed by atoms with Gasteiger partial charge < -0.3 is 5.32 Å². The first kappa shape index (κ1) is 7.60. The summed E-state index contributed by atoms with van der Waals surface area (Å²) in [5.41, 5.74) is 1.42. The zero-order valence-corrected chi connectivity index (χ0v) is 8.07. The zero-order chi connectivity index (χ0) is 8.28. The van der Waals surface area contributed by atoms with Crippen LogP contribution < -0.4 is 5.32 Å². The van der Waals surface area contributed by atoms with Gasteiger partial charge in [-0.25, -0.2) is 0 Å². The second kappa shape index (κ2) is 1.82. The van der Waals surface area contributed by atoms with Crippen molar-refractivity contribution in [3.8, 4) is 0 Å². The van der Waals surface area contributed by atoms with Gasteiger partial charge in [-0.3, -0.25) is 0 Å². The number of nitrogens with one attached hydrogen (secondary N) is 1. The normalized spacial score (nSPS) is 55.1. The minimum atomic E-state index is 0.649. The van der Waals surface area contributed by atoms with Crippen molar-refractivity contribution in [2.45, 2.75) is 39.7 Å². The highest BCUT2D eigenvalue weighted by Gasteiger charge is 2.85. The van der Waals surface area contributed by atoms with Gasteiger partial charge in [0, 0.05) is 6.04 Å². The maximum absolute atomic E-state index is 3.39. The van der Waals surface area contributed by atoms with Crippen molar-refractivity contribution in [3.05, 3.63) is 0 Å². The first-order valence-corrected chi connectivity index (χ1v) is 4.80. The highest BCUT2D eigenvalue weighted by molar-refractivity contribution is 5.34. The standard InChI is InChI=1S/C10H19N/c1-5-10-6-8(10)9(10,3)7(2)11-4/h7-8,11H,5-6H2,1-4H3. The summed E-state index contributed by atoms with van der Waals surface area (Å²) in [5, 5.41) is 3.39. The van der Waals surface area contributed by atoms with Crippen LogP contribution in [0.3, 0.4) is 0 Å². The Labute approximate surface area is 69.6 Å². The van der Waals surface area contributed by atoms with Crippen LogP contribution in [-0.4, -0.2) is 13.1 Å². The molecule has 2 aliphatic carbocycles. The van der Waals surface area contributed by atoms with Gasteiger partial charge in [-0.15, -0.1) is 0 Å². The van der Waals surface area contributed by atoms with Crippen LogP contribution in [-0.2, 0) is 0 Å². The van der Waals surface area contributed by atoms with E-state index in [-0.39, 0.29) is 0 Å². The lowest BCUT2D eigenvalue weighted by molar-refractivity contribution is 0.245. The second-order valence-electron chi connectivity index (χ2n) is 4.56. The molecule has 0 aromatic rings. The lowest BCUT2D eigenvalue weighted by atomic mass is 9.82. The first-order valence-electron chi connectivity index (χ1n) is 4.80. The minimum Gasteiger partial charge on any atom is -0.317 e. The van der Waals surface area contributed by atoms with E-state index in [1.54, 1.807) is 0 Å². The van der Waals surface area contributed by atoms with E-state index in [0.717, 1.165) is 11.3 Å². The van der Waals surface area contributed by atoms with Crippen LogP contribution in [0.4, 0.5) is 0 Å². The van der Waals surface area contributed by atoms with Gasteiger partial charge in [-0.05, 0) is 43.6 Å². The summed E-state index contributed by atoms with van der Waals surface area (Å²) in [6.45, 7) is 7.11. The maximum atomic E-state index is 3.39. The molecule has 0 bridgehead atoms. The molecule has 0 aromatic carbocycles. The van der Waals surface area contributed by atoms with Gasteiger partial charge >= 0.3 is 0 Å². The molecule has 0 aliphatic heterocycles. The lowest BCUT2D eigenvalue weighted by Crippen LogP contribution is -2.36. The van der Waals surface area contributed by atoms with E-state index >= 15 is 0 Å². The highest BCUT2D eigenvalue weighted by atomic mass is 15.0. The Kier molecular flexibility index (Phi) is 1.26. The van der Waals surface area contributed by atoms with E-state index in [0.29, 0.717) is 11.5 Å². The Bertz CT molecular complexity index is 189. The van der Waals surface area contributed by atoms with Crippen molar-refractivity contribution in [1.29, 1.82) is 0 Å². The Morgan fingerprint density at radius 1 is 1.64 bits per heavy atom. The van der Waals surface area contributed by atoms with E-state index < -0.39 is 0 Å². The van der Waals surface area contributed by atoms with Crippen LogP contribution in [0.15, 0.2) is 0 Å². The van der Waals surface area contributed by atoms with E-state index in [4.69, 9.17) is 0 Å². The molecule has 0 amide bonds. The minimum absolute atomic E-state index is 0.649. The highest BCUT2D eigenvalue weighted by Crippen LogP contribution is 2.90. The molecule has 0 spiro atoms. The van der Waals surface area contributed by atoms with Crippen molar-refractivity contribution in [2.75, 3.05) is 7.05 Å². The van der Waals surface area contributed by atoms with Crippen molar-refractivity contribution in [1.82, 2.24) is 5.32 Å². The van der Waals surface area contributed by atoms with Crippen LogP contribution >= 0.6 is 0 Å². The molecule has 1 nitrogen and oxygen atoms in total. The van der Waals surface area contributed by atoms with Crippen molar-refractivity contribution >= 4 is 0 Å². The van der Waals surface area contributed by atoms with Crippen LogP contribution in [0.1, 0.15) is 33.6 Å². The van der Waals surface area contributed by atoms with Crippen molar-refractivity contribution in [2.24, 2.45) is 16.7 Å². The molecule has 0 saturated heterocycles. The summed E-state index contributed by atoms with van der Waals surface area (Å²) in [5.74, 6) is 1.06. The fourth-order valence-corrected chi connectivity index (χ4v) is 3.31. The molecule has 2 rings (SSSR count). The molecule has 2 aliphatic rings.